The first-order valence-corrected chi connectivity index (χ1v) is 3.52. The van der Waals surface area contributed by atoms with Crippen molar-refractivity contribution < 1.29 is 13.2 Å². The first-order chi connectivity index (χ1) is 6.20. The molecule has 0 atom stereocenters. The molecule has 0 unspecified atom stereocenters. The van der Waals surface area contributed by atoms with E-state index < -0.39 is 12.4 Å². The number of hydrogen-bond donors (Lipinski definition) is 1. The quantitative estimate of drug-likeness (QED) is 0.572. The van der Waals surface area contributed by atoms with Crippen molar-refractivity contribution >= 4 is 11.7 Å². The second-order valence-corrected chi connectivity index (χ2v) is 2.21. The lowest BCUT2D eigenvalue weighted by molar-refractivity contribution is 0.211. The van der Waals surface area contributed by atoms with Crippen LogP contribution in [0.5, 0.6) is 0 Å². The minimum atomic E-state index is -3.17. The molecule has 0 aliphatic rings. The molecule has 1 aromatic carbocycles. The third-order valence-electron chi connectivity index (χ3n) is 1.25. The number of rotatable bonds is 3. The number of anilines is 1. The zero-order chi connectivity index (χ0) is 9.68. The van der Waals surface area contributed by atoms with Crippen molar-refractivity contribution in [2.75, 3.05) is 5.43 Å². The van der Waals surface area contributed by atoms with Crippen molar-refractivity contribution in [1.82, 2.24) is 0 Å². The Labute approximate surface area is 73.1 Å². The lowest BCUT2D eigenvalue weighted by Crippen LogP contribution is -2.05. The Kier molecular flexibility index (Phi) is 3.31. The fourth-order valence-corrected chi connectivity index (χ4v) is 0.679. The van der Waals surface area contributed by atoms with E-state index >= 15 is 0 Å². The molecule has 70 valence electrons. The molecule has 5 heteroatoms. The average molecular weight is 188 g/mol. The summed E-state index contributed by atoms with van der Waals surface area (Å²) in [6, 6.07) is 8.28. The van der Waals surface area contributed by atoms with Gasteiger partial charge >= 0.3 is 6.43 Å². The van der Waals surface area contributed by atoms with Crippen LogP contribution in [0.2, 0.25) is 0 Å². The fourth-order valence-electron chi connectivity index (χ4n) is 0.679. The summed E-state index contributed by atoms with van der Waals surface area (Å²) in [5, 5.41) is 2.84. The van der Waals surface area contributed by atoms with Gasteiger partial charge in [-0.3, -0.25) is 5.43 Å². The molecule has 0 heterocycles. The number of para-hydroxylation sites is 1. The molecule has 1 N–H and O–H groups in total. The van der Waals surface area contributed by atoms with E-state index in [1.165, 1.54) is 0 Å². The molecule has 0 aliphatic carbocycles. The highest BCUT2D eigenvalue weighted by molar-refractivity contribution is 5.78. The number of alkyl halides is 2. The summed E-state index contributed by atoms with van der Waals surface area (Å²) in [5.41, 5.74) is 2.62. The number of hydrazone groups is 1. The molecule has 0 spiro atoms. The normalized spacial score (nSPS) is 11.8. The minimum absolute atomic E-state index is 0.457. The van der Waals surface area contributed by atoms with Crippen LogP contribution in [0.3, 0.4) is 0 Å². The first-order valence-electron chi connectivity index (χ1n) is 3.52. The molecule has 0 aliphatic heterocycles. The molecule has 0 radical (unpaired) electrons. The van der Waals surface area contributed by atoms with Crippen molar-refractivity contribution in [3.8, 4) is 0 Å². The molecule has 0 saturated heterocycles. The summed E-state index contributed by atoms with van der Waals surface area (Å²) >= 11 is 0. The molecule has 1 aromatic rings. The van der Waals surface area contributed by atoms with Crippen molar-refractivity contribution in [3.63, 3.8) is 0 Å². The van der Waals surface area contributed by atoms with Gasteiger partial charge in [-0.1, -0.05) is 18.2 Å². The Morgan fingerprint density at radius 3 is 2.38 bits per heavy atom. The molecule has 1 rings (SSSR count). The largest absolute Gasteiger partial charge is 0.308 e. The average Bonchev–Trinajstić information content (AvgIpc) is 2.15. The van der Waals surface area contributed by atoms with Crippen LogP contribution in [-0.4, -0.2) is 12.4 Å². The summed E-state index contributed by atoms with van der Waals surface area (Å²) in [5.74, 6) is -1.72. The predicted octanol–water partition coefficient (Wildman–Crippen LogP) is 2.65. The monoisotopic (exact) mass is 188 g/mol. The van der Waals surface area contributed by atoms with Gasteiger partial charge in [-0.15, -0.1) is 5.10 Å². The SMILES string of the molecule is FC(=NNc1ccccc1)C(F)F. The Morgan fingerprint density at radius 2 is 1.85 bits per heavy atom. The van der Waals surface area contributed by atoms with Gasteiger partial charge in [0.15, 0.2) is 0 Å². The predicted molar refractivity (Wildman–Crippen MR) is 44.6 cm³/mol. The molecule has 2 nitrogen and oxygen atoms in total. The summed E-state index contributed by atoms with van der Waals surface area (Å²) < 4.78 is 35.3. The van der Waals surface area contributed by atoms with Gasteiger partial charge in [-0.2, -0.15) is 4.39 Å². The highest BCUT2D eigenvalue weighted by Gasteiger charge is 2.11. The van der Waals surface area contributed by atoms with E-state index in [4.69, 9.17) is 0 Å². The fraction of sp³-hybridized carbons (Fsp3) is 0.125. The van der Waals surface area contributed by atoms with Crippen molar-refractivity contribution in [2.24, 2.45) is 5.10 Å². The summed E-state index contributed by atoms with van der Waals surface area (Å²) in [6.07, 6.45) is -3.17. The van der Waals surface area contributed by atoms with Crippen molar-refractivity contribution in [1.29, 1.82) is 0 Å². The van der Waals surface area contributed by atoms with Gasteiger partial charge in [0.1, 0.15) is 0 Å². The van der Waals surface area contributed by atoms with Gasteiger partial charge in [-0.25, -0.2) is 8.78 Å². The highest BCUT2D eigenvalue weighted by atomic mass is 19.3. The van der Waals surface area contributed by atoms with Crippen LogP contribution in [0.1, 0.15) is 0 Å². The summed E-state index contributed by atoms with van der Waals surface area (Å²) in [6.45, 7) is 0. The number of halogens is 3. The Hall–Kier alpha value is -1.52. The summed E-state index contributed by atoms with van der Waals surface area (Å²) in [4.78, 5) is 0. The van der Waals surface area contributed by atoms with E-state index in [1.54, 1.807) is 30.3 Å². The second kappa shape index (κ2) is 4.49. The first kappa shape index (κ1) is 9.57. The van der Waals surface area contributed by atoms with Crippen LogP contribution in [0, 0.1) is 0 Å². The maximum Gasteiger partial charge on any atom is 0.308 e. The second-order valence-electron chi connectivity index (χ2n) is 2.21. The maximum absolute atomic E-state index is 12.1. The minimum Gasteiger partial charge on any atom is -0.276 e. The van der Waals surface area contributed by atoms with Crippen LogP contribution in [0.15, 0.2) is 35.4 Å². The van der Waals surface area contributed by atoms with Crippen LogP contribution < -0.4 is 5.43 Å². The van der Waals surface area contributed by atoms with Gasteiger partial charge in [0.05, 0.1) is 5.69 Å². The standard InChI is InChI=1S/C8H7F3N2/c9-7(10)8(11)13-12-6-4-2-1-3-5-6/h1-5,7,12H. The topological polar surface area (TPSA) is 24.4 Å². The molecule has 0 saturated carbocycles. The van der Waals surface area contributed by atoms with Crippen molar-refractivity contribution in [2.45, 2.75) is 6.43 Å². The highest BCUT2D eigenvalue weighted by Crippen LogP contribution is 2.06. The number of hydrogen-bond acceptors (Lipinski definition) is 2. The zero-order valence-corrected chi connectivity index (χ0v) is 6.55. The smallest absolute Gasteiger partial charge is 0.276 e. The van der Waals surface area contributed by atoms with Gasteiger partial charge in [0.2, 0.25) is 0 Å². The molecule has 0 amide bonds. The molecule has 0 fully saturated rings. The van der Waals surface area contributed by atoms with E-state index in [-0.39, 0.29) is 0 Å². The van der Waals surface area contributed by atoms with Crippen LogP contribution in [0.4, 0.5) is 18.9 Å². The molecule has 13 heavy (non-hydrogen) atoms. The Bertz CT molecular complexity index is 285. The molecular formula is C8H7F3N2. The van der Waals surface area contributed by atoms with E-state index in [0.717, 1.165) is 0 Å². The van der Waals surface area contributed by atoms with E-state index in [2.05, 4.69) is 10.5 Å². The summed E-state index contributed by atoms with van der Waals surface area (Å²) in [7, 11) is 0. The van der Waals surface area contributed by atoms with Crippen LogP contribution in [0.25, 0.3) is 0 Å². The zero-order valence-electron chi connectivity index (χ0n) is 6.55. The molecule has 0 bridgehead atoms. The van der Waals surface area contributed by atoms with Crippen molar-refractivity contribution in [3.05, 3.63) is 30.3 Å². The van der Waals surface area contributed by atoms with E-state index in [1.807, 2.05) is 0 Å². The lowest BCUT2D eigenvalue weighted by Gasteiger charge is -1.98. The van der Waals surface area contributed by atoms with Crippen LogP contribution in [-0.2, 0) is 0 Å². The van der Waals surface area contributed by atoms with Crippen LogP contribution >= 0.6 is 0 Å². The molecular weight excluding hydrogens is 181 g/mol. The van der Waals surface area contributed by atoms with Gasteiger partial charge in [0.25, 0.3) is 5.97 Å². The number of nitrogens with one attached hydrogen (secondary N) is 1. The van der Waals surface area contributed by atoms with Gasteiger partial charge < -0.3 is 0 Å². The maximum atomic E-state index is 12.1. The lowest BCUT2D eigenvalue weighted by atomic mass is 10.3. The Morgan fingerprint density at radius 1 is 1.23 bits per heavy atom. The van der Waals surface area contributed by atoms with E-state index in [9.17, 15) is 13.2 Å². The third-order valence-corrected chi connectivity index (χ3v) is 1.25. The van der Waals surface area contributed by atoms with Gasteiger partial charge in [-0.05, 0) is 12.1 Å². The number of nitrogens with zero attached hydrogens (tertiary/aromatic N) is 1. The third kappa shape index (κ3) is 3.14. The number of benzene rings is 1. The molecule has 0 aromatic heterocycles. The Balaban J connectivity index is 2.57. The van der Waals surface area contributed by atoms with E-state index in [0.29, 0.717) is 5.69 Å². The van der Waals surface area contributed by atoms with Gasteiger partial charge in [0, 0.05) is 0 Å².